The Labute approximate surface area is 84.7 Å². The Morgan fingerprint density at radius 2 is 2.07 bits per heavy atom. The Morgan fingerprint density at radius 1 is 1.43 bits per heavy atom. The van der Waals surface area contributed by atoms with E-state index in [4.69, 9.17) is 0 Å². The maximum atomic E-state index is 10.8. The van der Waals surface area contributed by atoms with E-state index >= 15 is 0 Å². The van der Waals surface area contributed by atoms with Gasteiger partial charge in [-0.25, -0.2) is 4.99 Å². The fourth-order valence-corrected chi connectivity index (χ4v) is 2.07. The van der Waals surface area contributed by atoms with Crippen molar-refractivity contribution >= 4 is 25.4 Å². The molecule has 1 aliphatic rings. The number of hydrogen-bond donors (Lipinski definition) is 2. The second kappa shape index (κ2) is 3.91. The molecule has 0 fully saturated rings. The smallest absolute Gasteiger partial charge is 0.223 e. The minimum absolute atomic E-state index is 0.118. The fraction of sp³-hybridized carbons (Fsp3) is 0.625. The van der Waals surface area contributed by atoms with Gasteiger partial charge in [0.15, 0.2) is 0 Å². The third-order valence-electron chi connectivity index (χ3n) is 1.70. The third-order valence-corrected chi connectivity index (χ3v) is 3.40. The summed E-state index contributed by atoms with van der Waals surface area (Å²) in [6.45, 7) is 8.44. The Hall–Kier alpha value is -1.17. The van der Waals surface area contributed by atoms with E-state index in [9.17, 15) is 4.79 Å². The lowest BCUT2D eigenvalue weighted by molar-refractivity contribution is -0.117. The number of nitrogens with one attached hydrogen (secondary N) is 2. The van der Waals surface area contributed by atoms with Crippen LogP contribution in [0.2, 0.25) is 19.6 Å². The van der Waals surface area contributed by atoms with Crippen molar-refractivity contribution in [2.75, 3.05) is 6.67 Å². The number of nitrogens with zero attached hydrogens (tertiary/aromatic N) is 2. The topological polar surface area (TPSA) is 65.8 Å². The van der Waals surface area contributed by atoms with Crippen LogP contribution in [0.25, 0.3) is 0 Å². The lowest BCUT2D eigenvalue weighted by Crippen LogP contribution is -2.53. The highest BCUT2D eigenvalue weighted by Crippen LogP contribution is 2.04. The van der Waals surface area contributed by atoms with E-state index in [-0.39, 0.29) is 5.91 Å². The number of hydrogen-bond acceptors (Lipinski definition) is 4. The number of guanidine groups is 1. The summed E-state index contributed by atoms with van der Waals surface area (Å²) < 4.78 is 0. The first-order chi connectivity index (χ1) is 6.39. The fourth-order valence-electron chi connectivity index (χ4n) is 1.03. The monoisotopic (exact) mass is 212 g/mol. The number of rotatable bonds is 1. The van der Waals surface area contributed by atoms with E-state index < -0.39 is 8.07 Å². The summed E-state index contributed by atoms with van der Waals surface area (Å²) in [6.07, 6.45) is 0. The molecule has 0 aromatic heterocycles. The molecule has 2 N–H and O–H groups in total. The van der Waals surface area contributed by atoms with Crippen LogP contribution in [0.5, 0.6) is 0 Å². The second-order valence-electron chi connectivity index (χ2n) is 4.21. The van der Waals surface area contributed by atoms with Gasteiger partial charge in [-0.1, -0.05) is 19.6 Å². The van der Waals surface area contributed by atoms with E-state index in [2.05, 4.69) is 40.3 Å². The lowest BCUT2D eigenvalue weighted by Gasteiger charge is -2.24. The molecule has 0 unspecified atom stereocenters. The normalized spacial score (nSPS) is 16.6. The molecule has 0 radical (unpaired) electrons. The van der Waals surface area contributed by atoms with E-state index in [1.807, 2.05) is 0 Å². The van der Waals surface area contributed by atoms with Gasteiger partial charge in [-0.2, -0.15) is 0 Å². The molecule has 0 aromatic rings. The van der Waals surface area contributed by atoms with Crippen LogP contribution in [0.3, 0.4) is 0 Å². The molecular weight excluding hydrogens is 196 g/mol. The zero-order valence-electron chi connectivity index (χ0n) is 9.01. The highest BCUT2D eigenvalue weighted by molar-refractivity contribution is 7.04. The second-order valence-corrected chi connectivity index (χ2v) is 9.18. The van der Waals surface area contributed by atoms with Gasteiger partial charge in [0.1, 0.15) is 14.7 Å². The van der Waals surface area contributed by atoms with Crippen LogP contribution in [-0.2, 0) is 4.79 Å². The number of amidine groups is 1. The summed E-state index contributed by atoms with van der Waals surface area (Å²) in [6, 6.07) is 0. The van der Waals surface area contributed by atoms with E-state index in [1.54, 1.807) is 0 Å². The number of aliphatic imine (C=N–C) groups is 2. The molecule has 0 atom stereocenters. The molecule has 0 saturated heterocycles. The average Bonchev–Trinajstić information content (AvgIpc) is 2.01. The molecule has 0 aliphatic carbocycles. The van der Waals surface area contributed by atoms with Gasteiger partial charge < -0.3 is 5.32 Å². The summed E-state index contributed by atoms with van der Waals surface area (Å²) in [5, 5.41) is 5.68. The Morgan fingerprint density at radius 3 is 2.57 bits per heavy atom. The summed E-state index contributed by atoms with van der Waals surface area (Å²) in [5.41, 5.74) is 0.983. The van der Waals surface area contributed by atoms with Gasteiger partial charge in [0, 0.05) is 6.92 Å². The number of carbonyl (C=O) groups excluding carboxylic acids is 1. The standard InChI is InChI=1S/C8H16N4OSi/c1-6(13)11-7-9-5-10-8(12-7)14(2,3)4/h5H2,1-4H3,(H2,9,10,11,12,13). The van der Waals surface area contributed by atoms with Crippen molar-refractivity contribution in [2.45, 2.75) is 26.6 Å². The Bertz CT molecular complexity index is 303. The van der Waals surface area contributed by atoms with E-state index in [0.717, 1.165) is 5.46 Å². The average molecular weight is 212 g/mol. The highest BCUT2D eigenvalue weighted by atomic mass is 28.3. The van der Waals surface area contributed by atoms with Crippen molar-refractivity contribution in [1.29, 1.82) is 0 Å². The molecule has 1 heterocycles. The number of carbonyl (C=O) groups is 1. The molecule has 0 spiro atoms. The number of amides is 1. The van der Waals surface area contributed by atoms with Crippen LogP contribution < -0.4 is 10.6 Å². The van der Waals surface area contributed by atoms with Crippen LogP contribution in [0.4, 0.5) is 0 Å². The van der Waals surface area contributed by atoms with Crippen molar-refractivity contribution < 1.29 is 4.79 Å². The zero-order chi connectivity index (χ0) is 10.8. The summed E-state index contributed by atoms with van der Waals surface area (Å²) in [4.78, 5) is 19.1. The minimum atomic E-state index is -1.44. The van der Waals surface area contributed by atoms with Crippen molar-refractivity contribution in [3.63, 3.8) is 0 Å². The maximum Gasteiger partial charge on any atom is 0.223 e. The van der Waals surface area contributed by atoms with Crippen LogP contribution in [0, 0.1) is 0 Å². The van der Waals surface area contributed by atoms with Gasteiger partial charge in [0.25, 0.3) is 0 Å². The largest absolute Gasteiger partial charge is 0.318 e. The quantitative estimate of drug-likeness (QED) is 0.615. The van der Waals surface area contributed by atoms with Gasteiger partial charge in [-0.3, -0.25) is 15.1 Å². The first kappa shape index (κ1) is 10.9. The lowest BCUT2D eigenvalue weighted by atomic mass is 10.7. The zero-order valence-corrected chi connectivity index (χ0v) is 10.0. The molecule has 1 amide bonds. The highest BCUT2D eigenvalue weighted by Gasteiger charge is 2.24. The van der Waals surface area contributed by atoms with Gasteiger partial charge in [-0.05, 0) is 0 Å². The molecule has 78 valence electrons. The predicted octanol–water partition coefficient (Wildman–Crippen LogP) is 0.315. The molecular formula is C8H16N4OSi. The SMILES string of the molecule is CC(=O)NC1=NCN=C([Si](C)(C)C)N1. The van der Waals surface area contributed by atoms with Gasteiger partial charge in [0.05, 0.1) is 5.46 Å². The van der Waals surface area contributed by atoms with Crippen LogP contribution in [0.1, 0.15) is 6.92 Å². The third kappa shape index (κ3) is 2.95. The van der Waals surface area contributed by atoms with Crippen LogP contribution in [-0.4, -0.2) is 32.1 Å². The van der Waals surface area contributed by atoms with Crippen molar-refractivity contribution in [2.24, 2.45) is 9.98 Å². The molecule has 0 bridgehead atoms. The summed E-state index contributed by atoms with van der Waals surface area (Å²) in [5.74, 6) is 0.401. The molecule has 0 saturated carbocycles. The van der Waals surface area contributed by atoms with Gasteiger partial charge in [-0.15, -0.1) is 0 Å². The Balaban J connectivity index is 2.64. The van der Waals surface area contributed by atoms with Crippen molar-refractivity contribution in [3.8, 4) is 0 Å². The molecule has 6 heteroatoms. The minimum Gasteiger partial charge on any atom is -0.318 e. The molecule has 1 aliphatic heterocycles. The maximum absolute atomic E-state index is 10.8. The Kier molecular flexibility index (Phi) is 3.05. The van der Waals surface area contributed by atoms with E-state index in [1.165, 1.54) is 6.92 Å². The first-order valence-corrected chi connectivity index (χ1v) is 8.03. The van der Waals surface area contributed by atoms with Gasteiger partial charge >= 0.3 is 0 Å². The first-order valence-electron chi connectivity index (χ1n) is 4.53. The molecule has 0 aromatic carbocycles. The summed E-state index contributed by atoms with van der Waals surface area (Å²) in [7, 11) is -1.44. The molecule has 5 nitrogen and oxygen atoms in total. The van der Waals surface area contributed by atoms with Crippen LogP contribution in [0.15, 0.2) is 9.98 Å². The van der Waals surface area contributed by atoms with E-state index in [0.29, 0.717) is 12.6 Å². The van der Waals surface area contributed by atoms with Crippen molar-refractivity contribution in [3.05, 3.63) is 0 Å². The summed E-state index contributed by atoms with van der Waals surface area (Å²) >= 11 is 0. The molecule has 1 rings (SSSR count). The van der Waals surface area contributed by atoms with Crippen LogP contribution >= 0.6 is 0 Å². The molecule has 14 heavy (non-hydrogen) atoms. The predicted molar refractivity (Wildman–Crippen MR) is 60.0 cm³/mol. The van der Waals surface area contributed by atoms with Gasteiger partial charge in [0.2, 0.25) is 11.9 Å². The van der Waals surface area contributed by atoms with Crippen molar-refractivity contribution in [1.82, 2.24) is 10.6 Å².